The summed E-state index contributed by atoms with van der Waals surface area (Å²) in [6, 6.07) is 0. The number of piperidine rings is 1. The Morgan fingerprint density at radius 3 is 2.63 bits per heavy atom. The molecule has 0 radical (unpaired) electrons. The van der Waals surface area contributed by atoms with Gasteiger partial charge in [0.2, 0.25) is 0 Å². The van der Waals surface area contributed by atoms with E-state index >= 15 is 0 Å². The lowest BCUT2D eigenvalue weighted by Gasteiger charge is -2.48. The number of carbonyl (C=O) groups is 2. The van der Waals surface area contributed by atoms with Crippen LogP contribution in [0, 0.1) is 0 Å². The van der Waals surface area contributed by atoms with Crippen molar-refractivity contribution in [3.63, 3.8) is 0 Å². The number of rotatable bonds is 2. The quantitative estimate of drug-likeness (QED) is 0.722. The van der Waals surface area contributed by atoms with Gasteiger partial charge in [-0.2, -0.15) is 0 Å². The molecule has 0 bridgehead atoms. The number of ether oxygens (including phenoxy) is 1. The van der Waals surface area contributed by atoms with Crippen LogP contribution in [0.1, 0.15) is 19.3 Å². The number of carboxylic acid groups (broad SMARTS) is 1. The first-order valence-corrected chi connectivity index (χ1v) is 6.49. The molecule has 0 aromatic heterocycles. The van der Waals surface area contributed by atoms with Gasteiger partial charge in [0, 0.05) is 39.7 Å². The third-order valence-corrected chi connectivity index (χ3v) is 3.91. The van der Waals surface area contributed by atoms with Crippen LogP contribution in [0.4, 0.5) is 4.79 Å². The average Bonchev–Trinajstić information content (AvgIpc) is 2.36. The molecular formula is C12H20N2O5. The van der Waals surface area contributed by atoms with Gasteiger partial charge < -0.3 is 24.7 Å². The first-order valence-electron chi connectivity index (χ1n) is 6.49. The van der Waals surface area contributed by atoms with Crippen LogP contribution in [0.25, 0.3) is 0 Å². The number of morpholine rings is 1. The van der Waals surface area contributed by atoms with E-state index < -0.39 is 17.8 Å². The molecule has 2 aliphatic heterocycles. The van der Waals surface area contributed by atoms with Crippen LogP contribution >= 0.6 is 0 Å². The fraction of sp³-hybridized carbons (Fsp3) is 0.833. The molecule has 0 aromatic rings. The maximum absolute atomic E-state index is 11.9. The zero-order valence-electron chi connectivity index (χ0n) is 11.0. The fourth-order valence-corrected chi connectivity index (χ4v) is 2.83. The van der Waals surface area contributed by atoms with E-state index in [0.29, 0.717) is 32.5 Å². The highest BCUT2D eigenvalue weighted by atomic mass is 16.5. The number of hydrogen-bond donors (Lipinski definition) is 2. The first kappa shape index (κ1) is 14.1. The van der Waals surface area contributed by atoms with Crippen LogP contribution in [0.5, 0.6) is 0 Å². The molecule has 2 aliphatic rings. The number of carbonyl (C=O) groups excluding carboxylic acids is 1. The molecule has 2 rings (SSSR count). The summed E-state index contributed by atoms with van der Waals surface area (Å²) in [4.78, 5) is 25.8. The molecule has 1 spiro atoms. The van der Waals surface area contributed by atoms with E-state index in [0.717, 1.165) is 0 Å². The summed E-state index contributed by atoms with van der Waals surface area (Å²) in [5.74, 6) is -0.111. The molecular weight excluding hydrogens is 252 g/mol. The van der Waals surface area contributed by atoms with Crippen LogP contribution < -0.4 is 0 Å². The van der Waals surface area contributed by atoms with Gasteiger partial charge in [-0.3, -0.25) is 4.79 Å². The average molecular weight is 272 g/mol. The van der Waals surface area contributed by atoms with Gasteiger partial charge in [-0.15, -0.1) is 0 Å². The zero-order chi connectivity index (χ0) is 14.0. The number of nitrogens with zero attached hydrogens (tertiary/aromatic N) is 2. The Bertz CT molecular complexity index is 365. The third kappa shape index (κ3) is 2.82. The highest BCUT2D eigenvalue weighted by molar-refractivity contribution is 5.81. The molecule has 7 heteroatoms. The Labute approximate surface area is 111 Å². The Hall–Kier alpha value is -1.34. The summed E-state index contributed by atoms with van der Waals surface area (Å²) in [6.45, 7) is 1.23. The van der Waals surface area contributed by atoms with Gasteiger partial charge in [0.15, 0.2) is 0 Å². The van der Waals surface area contributed by atoms with E-state index in [1.807, 2.05) is 0 Å². The second-order valence-electron chi connectivity index (χ2n) is 5.27. The highest BCUT2D eigenvalue weighted by Crippen LogP contribution is 2.33. The van der Waals surface area contributed by atoms with Crippen LogP contribution in [0.3, 0.4) is 0 Å². The van der Waals surface area contributed by atoms with Crippen molar-refractivity contribution in [2.45, 2.75) is 31.0 Å². The molecule has 19 heavy (non-hydrogen) atoms. The second-order valence-corrected chi connectivity index (χ2v) is 5.27. The number of amides is 2. The smallest absolute Gasteiger partial charge is 0.407 e. The van der Waals surface area contributed by atoms with Gasteiger partial charge in [-0.1, -0.05) is 0 Å². The number of aliphatic hydroxyl groups excluding tert-OH is 1. The summed E-state index contributed by atoms with van der Waals surface area (Å²) < 4.78 is 5.90. The topological polar surface area (TPSA) is 90.3 Å². The summed E-state index contributed by atoms with van der Waals surface area (Å²) in [5, 5.41) is 17.9. The lowest BCUT2D eigenvalue weighted by molar-refractivity contribution is -0.191. The van der Waals surface area contributed by atoms with Crippen molar-refractivity contribution >= 4 is 12.0 Å². The Balaban J connectivity index is 2.04. The molecule has 2 saturated heterocycles. The summed E-state index contributed by atoms with van der Waals surface area (Å²) in [5.41, 5.74) is -0.464. The Morgan fingerprint density at radius 2 is 2.11 bits per heavy atom. The van der Waals surface area contributed by atoms with Crippen molar-refractivity contribution < 1.29 is 24.5 Å². The molecule has 2 N–H and O–H groups in total. The van der Waals surface area contributed by atoms with Crippen LogP contribution in [0.2, 0.25) is 0 Å². The molecule has 0 saturated carbocycles. The molecule has 7 nitrogen and oxygen atoms in total. The maximum atomic E-state index is 11.9. The normalized spacial score (nSPS) is 26.8. The molecule has 1 unspecified atom stereocenters. The van der Waals surface area contributed by atoms with E-state index in [1.165, 1.54) is 4.90 Å². The lowest BCUT2D eigenvalue weighted by Crippen LogP contribution is -2.61. The van der Waals surface area contributed by atoms with Crippen LogP contribution in [-0.4, -0.2) is 77.0 Å². The number of hydrogen-bond acceptors (Lipinski definition) is 4. The maximum Gasteiger partial charge on any atom is 0.407 e. The van der Waals surface area contributed by atoms with E-state index in [9.17, 15) is 9.59 Å². The molecule has 0 aromatic carbocycles. The summed E-state index contributed by atoms with van der Waals surface area (Å²) in [6.07, 6.45) is -0.0761. The predicted octanol–water partition coefficient (Wildman–Crippen LogP) is -0.261. The second kappa shape index (κ2) is 5.34. The van der Waals surface area contributed by atoms with E-state index in [2.05, 4.69) is 0 Å². The van der Waals surface area contributed by atoms with Gasteiger partial charge in [-0.05, 0) is 12.8 Å². The van der Waals surface area contributed by atoms with Crippen molar-refractivity contribution in [2.75, 3.05) is 33.3 Å². The highest BCUT2D eigenvalue weighted by Gasteiger charge is 2.45. The number of likely N-dealkylation sites (tertiary alicyclic amines) is 1. The van der Waals surface area contributed by atoms with E-state index in [-0.39, 0.29) is 18.9 Å². The Kier molecular flexibility index (Phi) is 3.96. The largest absolute Gasteiger partial charge is 0.465 e. The van der Waals surface area contributed by atoms with Crippen molar-refractivity contribution in [2.24, 2.45) is 0 Å². The minimum atomic E-state index is -0.915. The summed E-state index contributed by atoms with van der Waals surface area (Å²) in [7, 11) is 1.72. The van der Waals surface area contributed by atoms with E-state index in [4.69, 9.17) is 14.9 Å². The zero-order valence-corrected chi connectivity index (χ0v) is 11.0. The van der Waals surface area contributed by atoms with Crippen LogP contribution in [-0.2, 0) is 9.53 Å². The van der Waals surface area contributed by atoms with E-state index in [1.54, 1.807) is 11.9 Å². The SMILES string of the molecule is CN1CC2(CCN(C(=O)O)CC2)OC(CCO)C1=O. The minimum absolute atomic E-state index is 0.0957. The fourth-order valence-electron chi connectivity index (χ4n) is 2.83. The molecule has 2 heterocycles. The standard InChI is InChI=1S/C12H20N2O5/c1-13-8-12(19-9(2-7-15)10(13)16)3-5-14(6-4-12)11(17)18/h9,15H,2-8H2,1H3,(H,17,18). The predicted molar refractivity (Wildman–Crippen MR) is 65.8 cm³/mol. The molecule has 2 amide bonds. The van der Waals surface area contributed by atoms with Crippen molar-refractivity contribution in [3.05, 3.63) is 0 Å². The van der Waals surface area contributed by atoms with Gasteiger partial charge in [0.1, 0.15) is 6.10 Å². The summed E-state index contributed by atoms with van der Waals surface area (Å²) >= 11 is 0. The third-order valence-electron chi connectivity index (χ3n) is 3.91. The van der Waals surface area contributed by atoms with Crippen molar-refractivity contribution in [3.8, 4) is 0 Å². The molecule has 0 aliphatic carbocycles. The lowest BCUT2D eigenvalue weighted by atomic mass is 9.88. The van der Waals surface area contributed by atoms with Crippen molar-refractivity contribution in [1.29, 1.82) is 0 Å². The van der Waals surface area contributed by atoms with Gasteiger partial charge >= 0.3 is 6.09 Å². The molecule has 108 valence electrons. The minimum Gasteiger partial charge on any atom is -0.465 e. The van der Waals surface area contributed by atoms with Gasteiger partial charge in [0.25, 0.3) is 5.91 Å². The number of aliphatic hydroxyl groups is 1. The molecule has 1 atom stereocenters. The van der Waals surface area contributed by atoms with Crippen molar-refractivity contribution in [1.82, 2.24) is 9.80 Å². The molecule has 2 fully saturated rings. The van der Waals surface area contributed by atoms with Gasteiger partial charge in [-0.25, -0.2) is 4.79 Å². The number of likely N-dealkylation sites (N-methyl/N-ethyl adjacent to an activating group) is 1. The van der Waals surface area contributed by atoms with Crippen LogP contribution in [0.15, 0.2) is 0 Å². The van der Waals surface area contributed by atoms with Gasteiger partial charge in [0.05, 0.1) is 5.60 Å². The first-order chi connectivity index (χ1) is 8.97. The Morgan fingerprint density at radius 1 is 1.47 bits per heavy atom. The monoisotopic (exact) mass is 272 g/mol.